The molecule has 0 amide bonds. The maximum atomic E-state index is 14.1. The number of ketones is 1. The van der Waals surface area contributed by atoms with E-state index in [1.165, 1.54) is 0 Å². The van der Waals surface area contributed by atoms with Crippen LogP contribution in [0.3, 0.4) is 0 Å². The first-order valence-electron chi connectivity index (χ1n) is 11.3. The first kappa shape index (κ1) is 23.4. The van der Waals surface area contributed by atoms with Crippen molar-refractivity contribution in [3.05, 3.63) is 34.9 Å². The maximum Gasteiger partial charge on any atom is 0.333 e. The van der Waals surface area contributed by atoms with Gasteiger partial charge >= 0.3 is 5.97 Å². The predicted molar refractivity (Wildman–Crippen MR) is 116 cm³/mol. The van der Waals surface area contributed by atoms with E-state index in [0.29, 0.717) is 11.1 Å². The Balaban J connectivity index is 1.87. The SMILES string of the molecule is C/C=C(/C)C(=O)OCC1=C[C@@H]2C(=O)C3(C=C(C)[C@H](O)[C@@]3(O)[C@@H]1O)C(C)C[C@]1(O)[C@H]2C1(C)C. The van der Waals surface area contributed by atoms with Crippen LogP contribution < -0.4 is 0 Å². The molecule has 8 atom stereocenters. The van der Waals surface area contributed by atoms with E-state index in [4.69, 9.17) is 4.74 Å². The topological polar surface area (TPSA) is 124 Å². The zero-order chi connectivity index (χ0) is 24.0. The summed E-state index contributed by atoms with van der Waals surface area (Å²) in [5.41, 5.74) is -4.50. The molecule has 0 saturated heterocycles. The largest absolute Gasteiger partial charge is 0.458 e. The van der Waals surface area contributed by atoms with Gasteiger partial charge in [-0.3, -0.25) is 4.79 Å². The maximum absolute atomic E-state index is 14.1. The monoisotopic (exact) mass is 446 g/mol. The molecule has 0 aliphatic heterocycles. The lowest BCUT2D eigenvalue weighted by Crippen LogP contribution is -2.65. The summed E-state index contributed by atoms with van der Waals surface area (Å²) in [5.74, 6) is -2.64. The Kier molecular flexibility index (Phi) is 5.00. The van der Waals surface area contributed by atoms with Crippen molar-refractivity contribution in [1.29, 1.82) is 0 Å². The smallest absolute Gasteiger partial charge is 0.333 e. The second-order valence-corrected chi connectivity index (χ2v) is 10.8. The molecule has 2 bridgehead atoms. The second-order valence-electron chi connectivity index (χ2n) is 10.8. The Morgan fingerprint density at radius 1 is 1.25 bits per heavy atom. The highest BCUT2D eigenvalue weighted by Gasteiger charge is 2.81. The van der Waals surface area contributed by atoms with E-state index < -0.39 is 58.0 Å². The van der Waals surface area contributed by atoms with Gasteiger partial charge in [0.2, 0.25) is 0 Å². The summed E-state index contributed by atoms with van der Waals surface area (Å²) >= 11 is 0. The molecule has 0 aromatic heterocycles. The van der Waals surface area contributed by atoms with E-state index in [-0.39, 0.29) is 24.4 Å². The van der Waals surface area contributed by atoms with E-state index in [1.807, 2.05) is 13.8 Å². The minimum atomic E-state index is -2.23. The number of aliphatic hydroxyl groups excluding tert-OH is 2. The number of hydrogen-bond donors (Lipinski definition) is 4. The number of aliphatic hydroxyl groups is 4. The summed E-state index contributed by atoms with van der Waals surface area (Å²) in [6.07, 6.45) is 1.91. The first-order valence-corrected chi connectivity index (χ1v) is 11.3. The minimum absolute atomic E-state index is 0.159. The summed E-state index contributed by atoms with van der Waals surface area (Å²) in [4.78, 5) is 26.3. The van der Waals surface area contributed by atoms with Crippen molar-refractivity contribution in [3.63, 3.8) is 0 Å². The van der Waals surface area contributed by atoms with Crippen molar-refractivity contribution in [2.24, 2.45) is 28.6 Å². The molecule has 4 aliphatic carbocycles. The number of Topliss-reactive ketones (excluding diaryl/α,β-unsaturated/α-hetero) is 1. The zero-order valence-electron chi connectivity index (χ0n) is 19.5. The van der Waals surface area contributed by atoms with Crippen LogP contribution in [0.1, 0.15) is 48.0 Å². The molecule has 1 spiro atoms. The fourth-order valence-corrected chi connectivity index (χ4v) is 6.90. The summed E-state index contributed by atoms with van der Waals surface area (Å²) in [7, 11) is 0. The quantitative estimate of drug-likeness (QED) is 0.294. The first-order chi connectivity index (χ1) is 14.7. The number of esters is 1. The van der Waals surface area contributed by atoms with Crippen molar-refractivity contribution >= 4 is 11.8 Å². The van der Waals surface area contributed by atoms with Crippen LogP contribution in [-0.4, -0.2) is 62.2 Å². The molecule has 2 unspecified atom stereocenters. The van der Waals surface area contributed by atoms with Crippen LogP contribution in [-0.2, 0) is 14.3 Å². The molecule has 7 nitrogen and oxygen atoms in total. The van der Waals surface area contributed by atoms with Gasteiger partial charge in [0.1, 0.15) is 24.4 Å². The summed E-state index contributed by atoms with van der Waals surface area (Å²) < 4.78 is 5.36. The predicted octanol–water partition coefficient (Wildman–Crippen LogP) is 1.45. The summed E-state index contributed by atoms with van der Waals surface area (Å²) in [6.45, 7) is 10.2. The van der Waals surface area contributed by atoms with Crippen LogP contribution in [0.15, 0.2) is 34.9 Å². The minimum Gasteiger partial charge on any atom is -0.458 e. The molecular formula is C25H34O7. The Morgan fingerprint density at radius 2 is 1.88 bits per heavy atom. The summed E-state index contributed by atoms with van der Waals surface area (Å²) in [5, 5.41) is 45.8. The molecule has 0 radical (unpaired) electrons. The van der Waals surface area contributed by atoms with Gasteiger partial charge in [-0.25, -0.2) is 4.79 Å². The number of allylic oxidation sites excluding steroid dienone is 2. The van der Waals surface area contributed by atoms with E-state index in [0.717, 1.165) is 0 Å². The molecule has 2 saturated carbocycles. The lowest BCUT2D eigenvalue weighted by molar-refractivity contribution is -0.191. The number of carbonyl (C=O) groups excluding carboxylic acids is 2. The zero-order valence-corrected chi connectivity index (χ0v) is 19.5. The highest BCUT2D eigenvalue weighted by atomic mass is 16.5. The van der Waals surface area contributed by atoms with Gasteiger partial charge in [0.15, 0.2) is 5.78 Å². The third kappa shape index (κ3) is 2.51. The molecule has 2 fully saturated rings. The van der Waals surface area contributed by atoms with E-state index >= 15 is 0 Å². The van der Waals surface area contributed by atoms with Crippen LogP contribution in [0.5, 0.6) is 0 Å². The molecule has 4 rings (SSSR count). The van der Waals surface area contributed by atoms with E-state index in [9.17, 15) is 30.0 Å². The van der Waals surface area contributed by atoms with Crippen molar-refractivity contribution in [1.82, 2.24) is 0 Å². The van der Waals surface area contributed by atoms with Gasteiger partial charge in [-0.1, -0.05) is 39.0 Å². The van der Waals surface area contributed by atoms with Gasteiger partial charge in [-0.05, 0) is 44.3 Å². The van der Waals surface area contributed by atoms with Crippen molar-refractivity contribution in [2.45, 2.75) is 71.4 Å². The average Bonchev–Trinajstić information content (AvgIpc) is 3.11. The Hall–Kier alpha value is -1.80. The van der Waals surface area contributed by atoms with E-state index in [2.05, 4.69) is 0 Å². The fourth-order valence-electron chi connectivity index (χ4n) is 6.90. The average molecular weight is 447 g/mol. The van der Waals surface area contributed by atoms with Gasteiger partial charge in [-0.2, -0.15) is 0 Å². The number of hydrogen-bond acceptors (Lipinski definition) is 7. The number of carbonyl (C=O) groups is 2. The molecule has 0 aromatic rings. The van der Waals surface area contributed by atoms with Gasteiger partial charge < -0.3 is 25.2 Å². The number of fused-ring (bicyclic) bond motifs is 3. The Labute approximate surface area is 188 Å². The molecule has 176 valence electrons. The lowest BCUT2D eigenvalue weighted by Gasteiger charge is -2.48. The molecule has 0 aromatic carbocycles. The van der Waals surface area contributed by atoms with Crippen LogP contribution in [0.2, 0.25) is 0 Å². The highest BCUT2D eigenvalue weighted by molar-refractivity contribution is 5.95. The summed E-state index contributed by atoms with van der Waals surface area (Å²) in [6, 6.07) is 0. The third-order valence-electron chi connectivity index (χ3n) is 9.04. The number of rotatable bonds is 3. The molecule has 7 heteroatoms. The van der Waals surface area contributed by atoms with Gasteiger partial charge in [-0.15, -0.1) is 0 Å². The normalized spacial score (nSPS) is 46.9. The second kappa shape index (κ2) is 6.86. The van der Waals surface area contributed by atoms with Crippen LogP contribution in [0, 0.1) is 28.6 Å². The fraction of sp³-hybridized carbons (Fsp3) is 0.680. The Bertz CT molecular complexity index is 975. The van der Waals surface area contributed by atoms with Gasteiger partial charge in [0, 0.05) is 22.8 Å². The van der Waals surface area contributed by atoms with Gasteiger partial charge in [0.05, 0.1) is 11.0 Å². The van der Waals surface area contributed by atoms with Crippen molar-refractivity contribution in [2.75, 3.05) is 6.61 Å². The van der Waals surface area contributed by atoms with Crippen LogP contribution in [0.25, 0.3) is 0 Å². The Morgan fingerprint density at radius 3 is 2.47 bits per heavy atom. The molecule has 4 aliphatic rings. The van der Waals surface area contributed by atoms with Crippen LogP contribution >= 0.6 is 0 Å². The van der Waals surface area contributed by atoms with E-state index in [1.54, 1.807) is 45.9 Å². The van der Waals surface area contributed by atoms with Crippen LogP contribution in [0.4, 0.5) is 0 Å². The number of ether oxygens (including phenoxy) is 1. The molecule has 0 heterocycles. The standard InChI is InChI=1S/C25H34O7/c1-7-12(2)21(29)32-11-15-8-16-17-22(5,6)24(17,30)10-14(4)23(20(16)28)9-13(3)18(26)25(23,31)19(15)27/h7-9,14,16-19,26-27,30-31H,10-11H2,1-6H3/b12-7-/t14?,16-,17+,18-,19+,23?,24-,25+/m0/s1. The lowest BCUT2D eigenvalue weighted by atomic mass is 9.59. The third-order valence-corrected chi connectivity index (χ3v) is 9.04. The highest BCUT2D eigenvalue weighted by Crippen LogP contribution is 2.73. The molecule has 32 heavy (non-hydrogen) atoms. The van der Waals surface area contributed by atoms with Crippen molar-refractivity contribution < 1.29 is 34.8 Å². The van der Waals surface area contributed by atoms with Crippen molar-refractivity contribution in [3.8, 4) is 0 Å². The molecular weight excluding hydrogens is 412 g/mol. The van der Waals surface area contributed by atoms with Gasteiger partial charge in [0.25, 0.3) is 0 Å². The molecule has 4 N–H and O–H groups in total.